The molecule has 1 aliphatic carbocycles. The molecule has 0 bridgehead atoms. The SMILES string of the molecule is c1ccc2c(c1)CCCC2c1ccc2ccccc2c1. The molecule has 0 radical (unpaired) electrons. The summed E-state index contributed by atoms with van der Waals surface area (Å²) in [5.74, 6) is 0.574. The largest absolute Gasteiger partial charge is 0.0620 e. The highest BCUT2D eigenvalue weighted by Gasteiger charge is 2.21. The fourth-order valence-electron chi connectivity index (χ4n) is 3.52. The summed E-state index contributed by atoms with van der Waals surface area (Å²) in [5, 5.41) is 2.69. The Kier molecular flexibility index (Phi) is 2.81. The highest BCUT2D eigenvalue weighted by atomic mass is 14.2. The van der Waals surface area contributed by atoms with Crippen molar-refractivity contribution in [2.24, 2.45) is 0 Å². The highest BCUT2D eigenvalue weighted by molar-refractivity contribution is 5.83. The summed E-state index contributed by atoms with van der Waals surface area (Å²) in [5.41, 5.74) is 4.54. The van der Waals surface area contributed by atoms with Gasteiger partial charge in [0.1, 0.15) is 0 Å². The average molecular weight is 258 g/mol. The zero-order chi connectivity index (χ0) is 13.4. The van der Waals surface area contributed by atoms with Crippen molar-refractivity contribution in [2.75, 3.05) is 0 Å². The Morgan fingerprint density at radius 2 is 1.55 bits per heavy atom. The fourth-order valence-corrected chi connectivity index (χ4v) is 3.52. The third-order valence-corrected chi connectivity index (χ3v) is 4.55. The first-order valence-corrected chi connectivity index (χ1v) is 7.48. The van der Waals surface area contributed by atoms with Crippen molar-refractivity contribution in [3.63, 3.8) is 0 Å². The predicted octanol–water partition coefficient (Wildman–Crippen LogP) is 5.31. The van der Waals surface area contributed by atoms with Crippen LogP contribution in [0.4, 0.5) is 0 Å². The Balaban J connectivity index is 1.84. The molecule has 0 fully saturated rings. The third-order valence-electron chi connectivity index (χ3n) is 4.55. The van der Waals surface area contributed by atoms with Gasteiger partial charge in [0.2, 0.25) is 0 Å². The Morgan fingerprint density at radius 3 is 2.50 bits per heavy atom. The van der Waals surface area contributed by atoms with Crippen LogP contribution in [-0.4, -0.2) is 0 Å². The van der Waals surface area contributed by atoms with E-state index in [1.807, 2.05) is 0 Å². The second kappa shape index (κ2) is 4.79. The van der Waals surface area contributed by atoms with Crippen molar-refractivity contribution in [3.05, 3.63) is 83.4 Å². The van der Waals surface area contributed by atoms with Crippen LogP contribution < -0.4 is 0 Å². The van der Waals surface area contributed by atoms with Crippen LogP contribution in [0.15, 0.2) is 66.7 Å². The highest BCUT2D eigenvalue weighted by Crippen LogP contribution is 2.37. The van der Waals surface area contributed by atoms with Crippen LogP contribution in [0, 0.1) is 0 Å². The summed E-state index contributed by atoms with van der Waals surface area (Å²) in [6, 6.07) is 24.6. The number of aryl methyl sites for hydroxylation is 1. The molecule has 0 spiro atoms. The quantitative estimate of drug-likeness (QED) is 0.555. The standard InChI is InChI=1S/C20H18/c1-2-8-17-14-18(13-12-15(17)6-1)20-11-5-9-16-7-3-4-10-19(16)20/h1-4,6-8,10,12-14,20H,5,9,11H2. The first kappa shape index (κ1) is 11.7. The molecule has 0 aromatic heterocycles. The molecule has 98 valence electrons. The Morgan fingerprint density at radius 1 is 0.750 bits per heavy atom. The van der Waals surface area contributed by atoms with Gasteiger partial charge >= 0.3 is 0 Å². The molecule has 3 aromatic carbocycles. The minimum absolute atomic E-state index is 0.574. The van der Waals surface area contributed by atoms with Gasteiger partial charge in [0.15, 0.2) is 0 Å². The van der Waals surface area contributed by atoms with Gasteiger partial charge in [-0.15, -0.1) is 0 Å². The molecular weight excluding hydrogens is 240 g/mol. The summed E-state index contributed by atoms with van der Waals surface area (Å²) in [7, 11) is 0. The summed E-state index contributed by atoms with van der Waals surface area (Å²) in [6.07, 6.45) is 3.81. The molecule has 1 atom stereocenters. The molecule has 0 nitrogen and oxygen atoms in total. The van der Waals surface area contributed by atoms with Gasteiger partial charge in [0.25, 0.3) is 0 Å². The second-order valence-electron chi connectivity index (χ2n) is 5.75. The molecule has 0 aliphatic heterocycles. The van der Waals surface area contributed by atoms with Crippen molar-refractivity contribution in [1.82, 2.24) is 0 Å². The van der Waals surface area contributed by atoms with Crippen molar-refractivity contribution in [1.29, 1.82) is 0 Å². The molecule has 1 aliphatic rings. The van der Waals surface area contributed by atoms with Crippen LogP contribution >= 0.6 is 0 Å². The molecular formula is C20H18. The second-order valence-corrected chi connectivity index (χ2v) is 5.75. The van der Waals surface area contributed by atoms with Gasteiger partial charge in [-0.1, -0.05) is 66.7 Å². The monoisotopic (exact) mass is 258 g/mol. The maximum absolute atomic E-state index is 2.38. The Labute approximate surface area is 120 Å². The molecule has 1 unspecified atom stereocenters. The number of benzene rings is 3. The lowest BCUT2D eigenvalue weighted by atomic mass is 9.78. The molecule has 3 aromatic rings. The van der Waals surface area contributed by atoms with Crippen LogP contribution in [0.25, 0.3) is 10.8 Å². The van der Waals surface area contributed by atoms with E-state index in [-0.39, 0.29) is 0 Å². The lowest BCUT2D eigenvalue weighted by Gasteiger charge is -2.26. The minimum Gasteiger partial charge on any atom is -0.0620 e. The first-order valence-electron chi connectivity index (χ1n) is 7.48. The summed E-state index contributed by atoms with van der Waals surface area (Å²) in [6.45, 7) is 0. The number of rotatable bonds is 1. The van der Waals surface area contributed by atoms with Crippen LogP contribution in [0.5, 0.6) is 0 Å². The fraction of sp³-hybridized carbons (Fsp3) is 0.200. The maximum atomic E-state index is 2.38. The van der Waals surface area contributed by atoms with E-state index in [0.717, 1.165) is 0 Å². The van der Waals surface area contributed by atoms with Gasteiger partial charge in [-0.25, -0.2) is 0 Å². The average Bonchev–Trinajstić information content (AvgIpc) is 2.54. The summed E-state index contributed by atoms with van der Waals surface area (Å²) >= 11 is 0. The van der Waals surface area contributed by atoms with Crippen LogP contribution in [-0.2, 0) is 6.42 Å². The van der Waals surface area contributed by atoms with E-state index in [0.29, 0.717) is 5.92 Å². The van der Waals surface area contributed by atoms with Crippen LogP contribution in [0.2, 0.25) is 0 Å². The Bertz CT molecular complexity index is 755. The van der Waals surface area contributed by atoms with Crippen LogP contribution in [0.1, 0.15) is 35.4 Å². The number of fused-ring (bicyclic) bond motifs is 2. The molecule has 0 saturated carbocycles. The van der Waals surface area contributed by atoms with Gasteiger partial charge in [-0.3, -0.25) is 0 Å². The molecule has 0 N–H and O–H groups in total. The first-order chi connectivity index (χ1) is 9.92. The zero-order valence-electron chi connectivity index (χ0n) is 11.5. The van der Waals surface area contributed by atoms with E-state index in [1.54, 1.807) is 0 Å². The lowest BCUT2D eigenvalue weighted by Crippen LogP contribution is -2.10. The van der Waals surface area contributed by atoms with Crippen LogP contribution in [0.3, 0.4) is 0 Å². The smallest absolute Gasteiger partial charge is 0.00924 e. The summed E-state index contributed by atoms with van der Waals surface area (Å²) in [4.78, 5) is 0. The van der Waals surface area contributed by atoms with Gasteiger partial charge in [0.05, 0.1) is 0 Å². The molecule has 0 heterocycles. The van der Waals surface area contributed by atoms with Gasteiger partial charge < -0.3 is 0 Å². The molecule has 4 rings (SSSR count). The predicted molar refractivity (Wildman–Crippen MR) is 85.2 cm³/mol. The normalized spacial score (nSPS) is 17.9. The van der Waals surface area contributed by atoms with Gasteiger partial charge in [-0.05, 0) is 46.7 Å². The van der Waals surface area contributed by atoms with Crippen molar-refractivity contribution >= 4 is 10.8 Å². The molecule has 20 heavy (non-hydrogen) atoms. The maximum Gasteiger partial charge on any atom is 0.00924 e. The zero-order valence-corrected chi connectivity index (χ0v) is 11.5. The summed E-state index contributed by atoms with van der Waals surface area (Å²) < 4.78 is 0. The van der Waals surface area contributed by atoms with Crippen molar-refractivity contribution < 1.29 is 0 Å². The minimum atomic E-state index is 0.574. The van der Waals surface area contributed by atoms with Crippen molar-refractivity contribution in [2.45, 2.75) is 25.2 Å². The Hall–Kier alpha value is -2.08. The van der Waals surface area contributed by atoms with E-state index in [4.69, 9.17) is 0 Å². The van der Waals surface area contributed by atoms with E-state index in [2.05, 4.69) is 66.7 Å². The van der Waals surface area contributed by atoms with Gasteiger partial charge in [-0.2, -0.15) is 0 Å². The molecule has 0 saturated heterocycles. The van der Waals surface area contributed by atoms with Crippen molar-refractivity contribution in [3.8, 4) is 0 Å². The number of hydrogen-bond acceptors (Lipinski definition) is 0. The topological polar surface area (TPSA) is 0 Å². The molecule has 0 heteroatoms. The van der Waals surface area contributed by atoms with E-state index < -0.39 is 0 Å². The molecule has 0 amide bonds. The lowest BCUT2D eigenvalue weighted by molar-refractivity contribution is 0.616. The van der Waals surface area contributed by atoms with E-state index in [1.165, 1.54) is 46.7 Å². The number of hydrogen-bond donors (Lipinski definition) is 0. The van der Waals surface area contributed by atoms with E-state index in [9.17, 15) is 0 Å². The van der Waals surface area contributed by atoms with Gasteiger partial charge in [0, 0.05) is 5.92 Å². The third kappa shape index (κ3) is 1.92. The van der Waals surface area contributed by atoms with E-state index >= 15 is 0 Å².